The fourth-order valence-electron chi connectivity index (χ4n) is 2.16. The summed E-state index contributed by atoms with van der Waals surface area (Å²) < 4.78 is 10.2. The Hall–Kier alpha value is -2.92. The fourth-order valence-corrected chi connectivity index (χ4v) is 2.16. The summed E-state index contributed by atoms with van der Waals surface area (Å²) >= 11 is 0. The van der Waals surface area contributed by atoms with Gasteiger partial charge in [0.1, 0.15) is 6.61 Å². The quantitative estimate of drug-likeness (QED) is 0.620. The standard InChI is InChI=1S/C20H20O5/c1-14(2)19(22)24-13-16(12-21)25-20(23)18-11-7-6-10-17(18)15-8-4-3-5-9-15/h3-11,16,21H,1,12-13H2,2H3. The Morgan fingerprint density at radius 1 is 1.08 bits per heavy atom. The maximum absolute atomic E-state index is 12.5. The third-order valence-electron chi connectivity index (χ3n) is 3.46. The maximum atomic E-state index is 12.5. The molecule has 2 aromatic carbocycles. The van der Waals surface area contributed by atoms with Gasteiger partial charge in [-0.05, 0) is 24.1 Å². The van der Waals surface area contributed by atoms with Crippen molar-refractivity contribution in [1.29, 1.82) is 0 Å². The summed E-state index contributed by atoms with van der Waals surface area (Å²) in [5.74, 6) is -1.19. The zero-order valence-electron chi connectivity index (χ0n) is 14.0. The van der Waals surface area contributed by atoms with Crippen LogP contribution < -0.4 is 0 Å². The molecule has 0 aliphatic carbocycles. The lowest BCUT2D eigenvalue weighted by atomic mass is 10.00. The first-order valence-corrected chi connectivity index (χ1v) is 7.82. The monoisotopic (exact) mass is 340 g/mol. The van der Waals surface area contributed by atoms with Crippen LogP contribution in [-0.2, 0) is 14.3 Å². The molecule has 0 fully saturated rings. The molecule has 0 aliphatic rings. The van der Waals surface area contributed by atoms with Crippen LogP contribution in [0.2, 0.25) is 0 Å². The molecule has 5 nitrogen and oxygen atoms in total. The van der Waals surface area contributed by atoms with Crippen molar-refractivity contribution >= 4 is 11.9 Å². The Morgan fingerprint density at radius 3 is 2.36 bits per heavy atom. The van der Waals surface area contributed by atoms with Gasteiger partial charge in [0.15, 0.2) is 6.10 Å². The number of ether oxygens (including phenoxy) is 2. The minimum Gasteiger partial charge on any atom is -0.458 e. The van der Waals surface area contributed by atoms with E-state index in [9.17, 15) is 14.7 Å². The van der Waals surface area contributed by atoms with Crippen LogP contribution in [-0.4, -0.2) is 36.4 Å². The highest BCUT2D eigenvalue weighted by molar-refractivity contribution is 5.97. The lowest BCUT2D eigenvalue weighted by molar-refractivity contribution is -0.142. The summed E-state index contributed by atoms with van der Waals surface area (Å²) in [7, 11) is 0. The largest absolute Gasteiger partial charge is 0.458 e. The molecule has 2 rings (SSSR count). The Bertz CT molecular complexity index is 752. The van der Waals surface area contributed by atoms with Crippen LogP contribution in [0.4, 0.5) is 0 Å². The minimum atomic E-state index is -0.945. The van der Waals surface area contributed by atoms with Crippen LogP contribution >= 0.6 is 0 Å². The minimum absolute atomic E-state index is 0.234. The molecule has 2 aromatic rings. The number of aliphatic hydroxyl groups excluding tert-OH is 1. The number of hydrogen-bond donors (Lipinski definition) is 1. The normalized spacial score (nSPS) is 11.4. The molecule has 0 bridgehead atoms. The van der Waals surface area contributed by atoms with Crippen LogP contribution in [0.15, 0.2) is 66.7 Å². The first kappa shape index (κ1) is 18.4. The van der Waals surface area contributed by atoms with Gasteiger partial charge in [-0.25, -0.2) is 9.59 Å². The Morgan fingerprint density at radius 2 is 1.72 bits per heavy atom. The van der Waals surface area contributed by atoms with Gasteiger partial charge in [-0.3, -0.25) is 0 Å². The molecular formula is C20H20O5. The van der Waals surface area contributed by atoms with Crippen molar-refractivity contribution in [3.63, 3.8) is 0 Å². The number of hydrogen-bond acceptors (Lipinski definition) is 5. The van der Waals surface area contributed by atoms with Crippen molar-refractivity contribution in [2.45, 2.75) is 13.0 Å². The van der Waals surface area contributed by atoms with Crippen molar-refractivity contribution in [2.24, 2.45) is 0 Å². The summed E-state index contributed by atoms with van der Waals surface area (Å²) in [5, 5.41) is 9.37. The summed E-state index contributed by atoms with van der Waals surface area (Å²) in [4.78, 5) is 23.9. The van der Waals surface area contributed by atoms with Crippen LogP contribution in [0.25, 0.3) is 11.1 Å². The van der Waals surface area contributed by atoms with Gasteiger partial charge in [-0.1, -0.05) is 55.1 Å². The maximum Gasteiger partial charge on any atom is 0.339 e. The molecule has 1 atom stereocenters. The lowest BCUT2D eigenvalue weighted by Gasteiger charge is -2.17. The Balaban J connectivity index is 2.12. The number of aliphatic hydroxyl groups is 1. The van der Waals surface area contributed by atoms with Gasteiger partial charge in [-0.2, -0.15) is 0 Å². The van der Waals surface area contributed by atoms with E-state index in [0.717, 1.165) is 11.1 Å². The van der Waals surface area contributed by atoms with E-state index in [1.54, 1.807) is 12.1 Å². The van der Waals surface area contributed by atoms with Gasteiger partial charge in [0.25, 0.3) is 0 Å². The second kappa shape index (κ2) is 8.80. The highest BCUT2D eigenvalue weighted by atomic mass is 16.6. The van der Waals surface area contributed by atoms with Crippen molar-refractivity contribution in [3.05, 3.63) is 72.3 Å². The molecule has 0 amide bonds. The second-order valence-corrected chi connectivity index (χ2v) is 5.50. The first-order valence-electron chi connectivity index (χ1n) is 7.82. The smallest absolute Gasteiger partial charge is 0.339 e. The van der Waals surface area contributed by atoms with Gasteiger partial charge < -0.3 is 14.6 Å². The third-order valence-corrected chi connectivity index (χ3v) is 3.46. The zero-order valence-corrected chi connectivity index (χ0v) is 14.0. The number of carbonyl (C=O) groups excluding carboxylic acids is 2. The first-order chi connectivity index (χ1) is 12.0. The SMILES string of the molecule is C=C(C)C(=O)OCC(CO)OC(=O)c1ccccc1-c1ccccc1. The highest BCUT2D eigenvalue weighted by Gasteiger charge is 2.20. The van der Waals surface area contributed by atoms with Crippen LogP contribution in [0.5, 0.6) is 0 Å². The van der Waals surface area contributed by atoms with Crippen molar-refractivity contribution < 1.29 is 24.2 Å². The van der Waals surface area contributed by atoms with Crippen LogP contribution in [0.1, 0.15) is 17.3 Å². The molecule has 0 spiro atoms. The molecule has 0 aliphatic heterocycles. The number of carbonyl (C=O) groups is 2. The summed E-state index contributed by atoms with van der Waals surface area (Å²) in [6.07, 6.45) is -0.945. The van der Waals surface area contributed by atoms with Crippen molar-refractivity contribution in [3.8, 4) is 11.1 Å². The van der Waals surface area contributed by atoms with Crippen molar-refractivity contribution in [1.82, 2.24) is 0 Å². The molecule has 25 heavy (non-hydrogen) atoms. The van der Waals surface area contributed by atoms with Gasteiger partial charge in [0.05, 0.1) is 12.2 Å². The molecule has 1 unspecified atom stereocenters. The van der Waals surface area contributed by atoms with E-state index in [4.69, 9.17) is 9.47 Å². The topological polar surface area (TPSA) is 72.8 Å². The average Bonchev–Trinajstić information content (AvgIpc) is 2.65. The summed E-state index contributed by atoms with van der Waals surface area (Å²) in [6.45, 7) is 4.29. The van der Waals surface area contributed by atoms with Crippen molar-refractivity contribution in [2.75, 3.05) is 13.2 Å². The van der Waals surface area contributed by atoms with Crippen LogP contribution in [0.3, 0.4) is 0 Å². The molecule has 130 valence electrons. The highest BCUT2D eigenvalue weighted by Crippen LogP contribution is 2.24. The van der Waals surface area contributed by atoms with Gasteiger partial charge in [-0.15, -0.1) is 0 Å². The third kappa shape index (κ3) is 5.02. The van der Waals surface area contributed by atoms with Gasteiger partial charge >= 0.3 is 11.9 Å². The summed E-state index contributed by atoms with van der Waals surface area (Å²) in [5.41, 5.74) is 2.21. The molecule has 0 heterocycles. The molecule has 0 aromatic heterocycles. The van der Waals surface area contributed by atoms with Gasteiger partial charge in [0, 0.05) is 5.57 Å². The molecule has 5 heteroatoms. The number of esters is 2. The molecule has 0 radical (unpaired) electrons. The Labute approximate surface area is 146 Å². The van der Waals surface area contributed by atoms with E-state index in [-0.39, 0.29) is 12.2 Å². The molecule has 0 saturated carbocycles. The predicted molar refractivity (Wildman–Crippen MR) is 93.9 cm³/mol. The molecular weight excluding hydrogens is 320 g/mol. The fraction of sp³-hybridized carbons (Fsp3) is 0.200. The van der Waals surface area contributed by atoms with E-state index in [1.165, 1.54) is 6.92 Å². The predicted octanol–water partition coefficient (Wildman–Crippen LogP) is 2.99. The summed E-state index contributed by atoms with van der Waals surface area (Å²) in [6, 6.07) is 16.5. The average molecular weight is 340 g/mol. The van der Waals surface area contributed by atoms with E-state index >= 15 is 0 Å². The zero-order chi connectivity index (χ0) is 18.2. The second-order valence-electron chi connectivity index (χ2n) is 5.50. The van der Waals surface area contributed by atoms with E-state index < -0.39 is 24.6 Å². The lowest BCUT2D eigenvalue weighted by Crippen LogP contribution is -2.28. The Kier molecular flexibility index (Phi) is 6.48. The molecule has 1 N–H and O–H groups in total. The van der Waals surface area contributed by atoms with Gasteiger partial charge in [0.2, 0.25) is 0 Å². The number of benzene rings is 2. The van der Waals surface area contributed by atoms with E-state index in [2.05, 4.69) is 6.58 Å². The van der Waals surface area contributed by atoms with E-state index in [0.29, 0.717) is 5.56 Å². The molecule has 0 saturated heterocycles. The van der Waals surface area contributed by atoms with Crippen LogP contribution in [0, 0.1) is 0 Å². The number of rotatable bonds is 7. The van der Waals surface area contributed by atoms with E-state index in [1.807, 2.05) is 42.5 Å².